The van der Waals surface area contributed by atoms with Crippen molar-refractivity contribution in [3.05, 3.63) is 0 Å². The summed E-state index contributed by atoms with van der Waals surface area (Å²) < 4.78 is 0. The van der Waals surface area contributed by atoms with Gasteiger partial charge in [0.25, 0.3) is 0 Å². The lowest BCUT2D eigenvalue weighted by Gasteiger charge is -2.31. The van der Waals surface area contributed by atoms with Crippen LogP contribution in [0.2, 0.25) is 0 Å². The molecule has 0 aromatic heterocycles. The summed E-state index contributed by atoms with van der Waals surface area (Å²) in [6.07, 6.45) is 6.94. The molecule has 1 rings (SSSR count). The molecule has 0 spiro atoms. The zero-order chi connectivity index (χ0) is 10.4. The minimum absolute atomic E-state index is 0.317. The Bertz CT molecular complexity index is 184. The molecule has 1 unspecified atom stereocenters. The van der Waals surface area contributed by atoms with E-state index in [4.69, 9.17) is 0 Å². The van der Waals surface area contributed by atoms with E-state index in [-0.39, 0.29) is 0 Å². The molecule has 1 saturated carbocycles. The summed E-state index contributed by atoms with van der Waals surface area (Å²) in [4.78, 5) is 0. The fraction of sp³-hybridized carbons (Fsp3) is 1.00. The molecule has 0 aliphatic heterocycles. The second-order valence-electron chi connectivity index (χ2n) is 4.39. The van der Waals surface area contributed by atoms with Crippen LogP contribution in [0.3, 0.4) is 0 Å². The molecule has 1 N–H and O–H groups in total. The average molecular weight is 198 g/mol. The maximum atomic E-state index is 10.1. The maximum Gasteiger partial charge on any atom is 0.176 e. The molecule has 1 fully saturated rings. The highest BCUT2D eigenvalue weighted by Crippen LogP contribution is 2.33. The first-order chi connectivity index (χ1) is 6.67. The molecule has 1 aliphatic rings. The predicted molar refractivity (Wildman–Crippen MR) is 57.2 cm³/mol. The Labute approximate surface area is 86.6 Å². The second-order valence-corrected chi connectivity index (χ2v) is 4.39. The molecule has 82 valence electrons. The van der Waals surface area contributed by atoms with Crippen molar-refractivity contribution in [2.75, 3.05) is 6.54 Å². The molecule has 0 saturated heterocycles. The lowest BCUT2D eigenvalue weighted by Crippen LogP contribution is -2.33. The molecule has 14 heavy (non-hydrogen) atoms. The summed E-state index contributed by atoms with van der Waals surface area (Å²) in [5.41, 5.74) is -0.921. The normalized spacial score (nSPS) is 23.9. The van der Waals surface area contributed by atoms with E-state index in [1.54, 1.807) is 6.92 Å². The Morgan fingerprint density at radius 3 is 2.50 bits per heavy atom. The van der Waals surface area contributed by atoms with Crippen LogP contribution in [-0.4, -0.2) is 17.4 Å². The van der Waals surface area contributed by atoms with E-state index >= 15 is 0 Å². The monoisotopic (exact) mass is 198 g/mol. The highest BCUT2D eigenvalue weighted by Gasteiger charge is 2.32. The van der Waals surface area contributed by atoms with Gasteiger partial charge in [-0.3, -0.25) is 0 Å². The first-order valence-corrected chi connectivity index (χ1v) is 5.78. The van der Waals surface area contributed by atoms with E-state index in [1.807, 2.05) is 0 Å². The van der Waals surface area contributed by atoms with E-state index in [0.717, 1.165) is 25.8 Å². The molecule has 0 aromatic carbocycles. The van der Waals surface area contributed by atoms with E-state index in [1.165, 1.54) is 19.3 Å². The fourth-order valence-corrected chi connectivity index (χ4v) is 2.02. The van der Waals surface area contributed by atoms with Gasteiger partial charge in [-0.05, 0) is 26.2 Å². The van der Waals surface area contributed by atoms with Crippen molar-refractivity contribution in [3.63, 3.8) is 0 Å². The minimum Gasteiger partial charge on any atom is -0.368 e. The lowest BCUT2D eigenvalue weighted by atomic mass is 9.83. The molecule has 1 atom stereocenters. The van der Waals surface area contributed by atoms with Gasteiger partial charge in [0.15, 0.2) is 5.72 Å². The number of rotatable bonds is 4. The van der Waals surface area contributed by atoms with Gasteiger partial charge < -0.3 is 5.11 Å². The zero-order valence-corrected chi connectivity index (χ0v) is 9.37. The van der Waals surface area contributed by atoms with Crippen LogP contribution in [-0.2, 0) is 0 Å². The van der Waals surface area contributed by atoms with Gasteiger partial charge in [-0.1, -0.05) is 26.2 Å². The quantitative estimate of drug-likeness (QED) is 0.693. The first kappa shape index (κ1) is 11.6. The van der Waals surface area contributed by atoms with E-state index in [2.05, 4.69) is 17.2 Å². The summed E-state index contributed by atoms with van der Waals surface area (Å²) >= 11 is 0. The topological polar surface area (TPSA) is 45.0 Å². The van der Waals surface area contributed by atoms with Crippen LogP contribution in [0.1, 0.15) is 52.4 Å². The molecule has 0 bridgehead atoms. The Hall–Kier alpha value is -0.440. The van der Waals surface area contributed by atoms with Gasteiger partial charge in [-0.25, -0.2) is 0 Å². The standard InChI is InChI=1S/C11H22N2O/c1-3-9-12-13-11(2,14)10-7-5-4-6-8-10/h10,14H,3-9H2,1-2H3/b13-12+. The largest absolute Gasteiger partial charge is 0.368 e. The van der Waals surface area contributed by atoms with Crippen molar-refractivity contribution in [3.8, 4) is 0 Å². The van der Waals surface area contributed by atoms with Crippen molar-refractivity contribution in [2.45, 2.75) is 58.1 Å². The van der Waals surface area contributed by atoms with Crippen LogP contribution in [0.5, 0.6) is 0 Å². The van der Waals surface area contributed by atoms with Gasteiger partial charge >= 0.3 is 0 Å². The Morgan fingerprint density at radius 2 is 1.93 bits per heavy atom. The highest BCUT2D eigenvalue weighted by molar-refractivity contribution is 4.81. The summed E-state index contributed by atoms with van der Waals surface area (Å²) in [5.74, 6) is 0.317. The van der Waals surface area contributed by atoms with Gasteiger partial charge in [-0.2, -0.15) is 10.2 Å². The second kappa shape index (κ2) is 5.44. The lowest BCUT2D eigenvalue weighted by molar-refractivity contribution is -0.0152. The minimum atomic E-state index is -0.921. The molecule has 0 heterocycles. The Kier molecular flexibility index (Phi) is 4.52. The summed E-state index contributed by atoms with van der Waals surface area (Å²) in [5, 5.41) is 18.2. The molecule has 0 radical (unpaired) electrons. The molecule has 0 aromatic rings. The third-order valence-corrected chi connectivity index (χ3v) is 2.98. The molecule has 3 heteroatoms. The molecule has 0 amide bonds. The van der Waals surface area contributed by atoms with Crippen LogP contribution >= 0.6 is 0 Å². The summed E-state index contributed by atoms with van der Waals surface area (Å²) in [6.45, 7) is 4.58. The number of hydrogen-bond acceptors (Lipinski definition) is 3. The van der Waals surface area contributed by atoms with E-state index in [0.29, 0.717) is 5.92 Å². The van der Waals surface area contributed by atoms with Crippen LogP contribution in [0.15, 0.2) is 10.2 Å². The highest BCUT2D eigenvalue weighted by atomic mass is 16.3. The Balaban J connectivity index is 2.45. The predicted octanol–water partition coefficient (Wildman–Crippen LogP) is 3.14. The van der Waals surface area contributed by atoms with Crippen molar-refractivity contribution < 1.29 is 5.11 Å². The van der Waals surface area contributed by atoms with Crippen molar-refractivity contribution in [1.29, 1.82) is 0 Å². The number of hydrogen-bond donors (Lipinski definition) is 1. The summed E-state index contributed by atoms with van der Waals surface area (Å²) in [6, 6.07) is 0. The SMILES string of the molecule is CCC/N=N/C(C)(O)C1CCCCC1. The molecular formula is C11H22N2O. The Morgan fingerprint density at radius 1 is 1.29 bits per heavy atom. The maximum absolute atomic E-state index is 10.1. The number of nitrogens with zero attached hydrogens (tertiary/aromatic N) is 2. The zero-order valence-electron chi connectivity index (χ0n) is 9.37. The van der Waals surface area contributed by atoms with Gasteiger partial charge in [0.1, 0.15) is 0 Å². The van der Waals surface area contributed by atoms with Crippen LogP contribution in [0.4, 0.5) is 0 Å². The fourth-order valence-electron chi connectivity index (χ4n) is 2.02. The molecule has 1 aliphatic carbocycles. The van der Waals surface area contributed by atoms with Gasteiger partial charge in [0.2, 0.25) is 0 Å². The smallest absolute Gasteiger partial charge is 0.176 e. The summed E-state index contributed by atoms with van der Waals surface area (Å²) in [7, 11) is 0. The third-order valence-electron chi connectivity index (χ3n) is 2.98. The van der Waals surface area contributed by atoms with Gasteiger partial charge in [-0.15, -0.1) is 0 Å². The van der Waals surface area contributed by atoms with Crippen molar-refractivity contribution in [1.82, 2.24) is 0 Å². The molecule has 3 nitrogen and oxygen atoms in total. The van der Waals surface area contributed by atoms with Crippen LogP contribution in [0.25, 0.3) is 0 Å². The van der Waals surface area contributed by atoms with E-state index < -0.39 is 5.72 Å². The van der Waals surface area contributed by atoms with Gasteiger partial charge in [0.05, 0.1) is 6.54 Å². The van der Waals surface area contributed by atoms with Gasteiger partial charge in [0, 0.05) is 5.92 Å². The van der Waals surface area contributed by atoms with Crippen molar-refractivity contribution >= 4 is 0 Å². The average Bonchev–Trinajstić information content (AvgIpc) is 2.19. The third kappa shape index (κ3) is 3.37. The van der Waals surface area contributed by atoms with Crippen molar-refractivity contribution in [2.24, 2.45) is 16.1 Å². The van der Waals surface area contributed by atoms with E-state index in [9.17, 15) is 5.11 Å². The van der Waals surface area contributed by atoms with Crippen LogP contribution in [0, 0.1) is 5.92 Å². The van der Waals surface area contributed by atoms with Crippen LogP contribution < -0.4 is 0 Å². The molecular weight excluding hydrogens is 176 g/mol. The first-order valence-electron chi connectivity index (χ1n) is 5.78. The number of azo groups is 1. The number of aliphatic hydroxyl groups is 1.